The zero-order chi connectivity index (χ0) is 10.3. The molecule has 4 atom stereocenters. The van der Waals surface area contributed by atoms with Gasteiger partial charge in [0.25, 0.3) is 0 Å². The molecular formula is C13H24O. The van der Waals surface area contributed by atoms with Crippen molar-refractivity contribution in [2.45, 2.75) is 46.5 Å². The fourth-order valence-electron chi connectivity index (χ4n) is 3.21. The molecule has 0 aromatic rings. The van der Waals surface area contributed by atoms with E-state index in [9.17, 15) is 0 Å². The van der Waals surface area contributed by atoms with E-state index >= 15 is 0 Å². The second-order valence-electron chi connectivity index (χ2n) is 6.17. The van der Waals surface area contributed by atoms with Crippen molar-refractivity contribution in [3.63, 3.8) is 0 Å². The Balaban J connectivity index is 1.87. The molecule has 0 aliphatic heterocycles. The van der Waals surface area contributed by atoms with E-state index < -0.39 is 0 Å². The largest absolute Gasteiger partial charge is 0.396 e. The van der Waals surface area contributed by atoms with Crippen molar-refractivity contribution in [1.82, 2.24) is 0 Å². The van der Waals surface area contributed by atoms with Crippen molar-refractivity contribution in [1.29, 1.82) is 0 Å². The van der Waals surface area contributed by atoms with Crippen LogP contribution in [-0.2, 0) is 0 Å². The lowest BCUT2D eigenvalue weighted by molar-refractivity contribution is 0.176. The maximum Gasteiger partial charge on any atom is 0.0462 e. The average Bonchev–Trinajstić information content (AvgIpc) is 2.84. The number of aliphatic hydroxyl groups excluding tert-OH is 1. The third kappa shape index (κ3) is 1.71. The molecule has 1 heteroatoms. The van der Waals surface area contributed by atoms with Crippen LogP contribution in [0.25, 0.3) is 0 Å². The van der Waals surface area contributed by atoms with Gasteiger partial charge in [-0.05, 0) is 54.8 Å². The molecule has 2 rings (SSSR count). The van der Waals surface area contributed by atoms with Gasteiger partial charge in [-0.15, -0.1) is 0 Å². The molecule has 14 heavy (non-hydrogen) atoms. The zero-order valence-corrected chi connectivity index (χ0v) is 9.79. The van der Waals surface area contributed by atoms with Crippen LogP contribution >= 0.6 is 0 Å². The highest BCUT2D eigenvalue weighted by molar-refractivity contribution is 4.95. The minimum absolute atomic E-state index is 0.424. The second kappa shape index (κ2) is 3.52. The topological polar surface area (TPSA) is 20.2 Å². The molecule has 0 aromatic carbocycles. The van der Waals surface area contributed by atoms with E-state index in [0.29, 0.717) is 17.9 Å². The van der Waals surface area contributed by atoms with Gasteiger partial charge in [0.15, 0.2) is 0 Å². The van der Waals surface area contributed by atoms with Crippen LogP contribution in [-0.4, -0.2) is 11.7 Å². The SMILES string of the molecule is CC1CCC(CC2CC2CO)C1(C)C. The maximum absolute atomic E-state index is 9.03. The van der Waals surface area contributed by atoms with Gasteiger partial charge in [0.05, 0.1) is 0 Å². The molecule has 2 fully saturated rings. The quantitative estimate of drug-likeness (QED) is 0.735. The van der Waals surface area contributed by atoms with Crippen LogP contribution in [0.15, 0.2) is 0 Å². The molecular weight excluding hydrogens is 172 g/mol. The lowest BCUT2D eigenvalue weighted by Gasteiger charge is -2.31. The van der Waals surface area contributed by atoms with Gasteiger partial charge in [0.1, 0.15) is 0 Å². The Bertz CT molecular complexity index is 209. The summed E-state index contributed by atoms with van der Waals surface area (Å²) in [4.78, 5) is 0. The first-order chi connectivity index (χ1) is 6.55. The Hall–Kier alpha value is -0.0400. The number of hydrogen-bond acceptors (Lipinski definition) is 1. The normalized spacial score (nSPS) is 45.4. The third-order valence-electron chi connectivity index (χ3n) is 5.16. The minimum atomic E-state index is 0.424. The standard InChI is InChI=1S/C13H24O/c1-9-4-5-12(13(9,2)3)7-10-6-11(10)8-14/h9-12,14H,4-8H2,1-3H3. The molecule has 2 saturated carbocycles. The van der Waals surface area contributed by atoms with Gasteiger partial charge < -0.3 is 5.11 Å². The monoisotopic (exact) mass is 196 g/mol. The van der Waals surface area contributed by atoms with Crippen LogP contribution in [0.5, 0.6) is 0 Å². The van der Waals surface area contributed by atoms with E-state index in [-0.39, 0.29) is 0 Å². The summed E-state index contributed by atoms with van der Waals surface area (Å²) in [5, 5.41) is 9.03. The lowest BCUT2D eigenvalue weighted by atomic mass is 9.74. The van der Waals surface area contributed by atoms with E-state index in [2.05, 4.69) is 20.8 Å². The van der Waals surface area contributed by atoms with E-state index in [1.807, 2.05) is 0 Å². The van der Waals surface area contributed by atoms with E-state index in [1.54, 1.807) is 0 Å². The molecule has 0 bridgehead atoms. The molecule has 1 N–H and O–H groups in total. The summed E-state index contributed by atoms with van der Waals surface area (Å²) in [5.74, 6) is 3.31. The van der Waals surface area contributed by atoms with Crippen LogP contribution < -0.4 is 0 Å². The molecule has 4 unspecified atom stereocenters. The Kier molecular flexibility index (Phi) is 2.63. The Morgan fingerprint density at radius 2 is 1.93 bits per heavy atom. The first-order valence-corrected chi connectivity index (χ1v) is 6.16. The van der Waals surface area contributed by atoms with Crippen molar-refractivity contribution >= 4 is 0 Å². The van der Waals surface area contributed by atoms with Gasteiger partial charge >= 0.3 is 0 Å². The van der Waals surface area contributed by atoms with Crippen molar-refractivity contribution in [3.05, 3.63) is 0 Å². The molecule has 0 heterocycles. The molecule has 0 spiro atoms. The van der Waals surface area contributed by atoms with Crippen molar-refractivity contribution in [2.75, 3.05) is 6.61 Å². The fraction of sp³-hybridized carbons (Fsp3) is 1.00. The van der Waals surface area contributed by atoms with Gasteiger partial charge in [0, 0.05) is 6.61 Å². The summed E-state index contributed by atoms with van der Waals surface area (Å²) in [6.07, 6.45) is 5.50. The first kappa shape index (κ1) is 10.5. The van der Waals surface area contributed by atoms with Gasteiger partial charge in [0.2, 0.25) is 0 Å². The minimum Gasteiger partial charge on any atom is -0.396 e. The van der Waals surface area contributed by atoms with E-state index in [1.165, 1.54) is 25.7 Å². The van der Waals surface area contributed by atoms with Gasteiger partial charge in [-0.25, -0.2) is 0 Å². The summed E-state index contributed by atoms with van der Waals surface area (Å²) < 4.78 is 0. The van der Waals surface area contributed by atoms with Crippen LogP contribution in [0.4, 0.5) is 0 Å². The Morgan fingerprint density at radius 1 is 1.21 bits per heavy atom. The summed E-state index contributed by atoms with van der Waals surface area (Å²) >= 11 is 0. The van der Waals surface area contributed by atoms with Crippen LogP contribution in [0.1, 0.15) is 46.5 Å². The van der Waals surface area contributed by atoms with Gasteiger partial charge in [-0.2, -0.15) is 0 Å². The first-order valence-electron chi connectivity index (χ1n) is 6.16. The summed E-state index contributed by atoms with van der Waals surface area (Å²) in [5.41, 5.74) is 0.544. The van der Waals surface area contributed by atoms with Crippen molar-refractivity contribution in [3.8, 4) is 0 Å². The van der Waals surface area contributed by atoms with Crippen LogP contribution in [0.3, 0.4) is 0 Å². The predicted octanol–water partition coefficient (Wildman–Crippen LogP) is 3.08. The summed E-state index contributed by atoms with van der Waals surface area (Å²) in [7, 11) is 0. The molecule has 0 amide bonds. The summed E-state index contributed by atoms with van der Waals surface area (Å²) in [6, 6.07) is 0. The number of hydrogen-bond donors (Lipinski definition) is 1. The predicted molar refractivity (Wildman–Crippen MR) is 59.0 cm³/mol. The highest BCUT2D eigenvalue weighted by Gasteiger charge is 2.45. The smallest absolute Gasteiger partial charge is 0.0462 e. The second-order valence-corrected chi connectivity index (χ2v) is 6.17. The van der Waals surface area contributed by atoms with E-state index in [0.717, 1.165) is 17.8 Å². The maximum atomic E-state index is 9.03. The van der Waals surface area contributed by atoms with Crippen molar-refractivity contribution < 1.29 is 5.11 Å². The Labute approximate surface area is 87.9 Å². The Morgan fingerprint density at radius 3 is 2.36 bits per heavy atom. The molecule has 0 aromatic heterocycles. The van der Waals surface area contributed by atoms with E-state index in [4.69, 9.17) is 5.11 Å². The highest BCUT2D eigenvalue weighted by Crippen LogP contribution is 2.54. The lowest BCUT2D eigenvalue weighted by Crippen LogP contribution is -2.23. The molecule has 0 radical (unpaired) electrons. The third-order valence-corrected chi connectivity index (χ3v) is 5.16. The number of aliphatic hydroxyl groups is 1. The van der Waals surface area contributed by atoms with Crippen molar-refractivity contribution in [2.24, 2.45) is 29.1 Å². The number of rotatable bonds is 3. The molecule has 2 aliphatic rings. The molecule has 1 nitrogen and oxygen atoms in total. The highest BCUT2D eigenvalue weighted by atomic mass is 16.3. The summed E-state index contributed by atoms with van der Waals surface area (Å²) in [6.45, 7) is 7.70. The molecule has 2 aliphatic carbocycles. The average molecular weight is 196 g/mol. The van der Waals surface area contributed by atoms with Gasteiger partial charge in [-0.3, -0.25) is 0 Å². The molecule has 82 valence electrons. The van der Waals surface area contributed by atoms with Gasteiger partial charge in [-0.1, -0.05) is 20.8 Å². The van der Waals surface area contributed by atoms with Crippen LogP contribution in [0.2, 0.25) is 0 Å². The van der Waals surface area contributed by atoms with Crippen LogP contribution in [0, 0.1) is 29.1 Å². The zero-order valence-electron chi connectivity index (χ0n) is 9.79. The fourth-order valence-corrected chi connectivity index (χ4v) is 3.21. The molecule has 0 saturated heterocycles.